The Morgan fingerprint density at radius 2 is 1.04 bits per heavy atom. The standard InChI is InChI=1S/C15H25NO7/c1-11(17)16-15(8-5-12(18)21-2,9-6-13(19)22-3)10-7-14(20)23-4/h5-10H2,1-4H3,(H,16,17). The lowest BCUT2D eigenvalue weighted by Crippen LogP contribution is -2.48. The molecule has 0 aromatic rings. The summed E-state index contributed by atoms with van der Waals surface area (Å²) in [4.78, 5) is 45.8. The fraction of sp³-hybridized carbons (Fsp3) is 0.733. The number of nitrogens with one attached hydrogen (secondary N) is 1. The Morgan fingerprint density at radius 3 is 1.26 bits per heavy atom. The Bertz CT molecular complexity index is 383. The number of amides is 1. The monoisotopic (exact) mass is 331 g/mol. The van der Waals surface area contributed by atoms with Crippen LogP contribution in [0.2, 0.25) is 0 Å². The number of ether oxygens (including phenoxy) is 3. The quantitative estimate of drug-likeness (QED) is 0.464. The van der Waals surface area contributed by atoms with Crippen LogP contribution in [0, 0.1) is 0 Å². The van der Waals surface area contributed by atoms with Crippen LogP contribution in [-0.2, 0) is 33.4 Å². The van der Waals surface area contributed by atoms with E-state index in [-0.39, 0.29) is 44.4 Å². The van der Waals surface area contributed by atoms with E-state index >= 15 is 0 Å². The molecule has 0 rings (SSSR count). The van der Waals surface area contributed by atoms with Crippen molar-refractivity contribution >= 4 is 23.8 Å². The van der Waals surface area contributed by atoms with Crippen molar-refractivity contribution in [3.8, 4) is 0 Å². The molecule has 0 bridgehead atoms. The summed E-state index contributed by atoms with van der Waals surface area (Å²) in [5.74, 6) is -1.62. The zero-order valence-corrected chi connectivity index (χ0v) is 14.1. The third kappa shape index (κ3) is 8.80. The summed E-state index contributed by atoms with van der Waals surface area (Å²) in [6.45, 7) is 1.34. The lowest BCUT2D eigenvalue weighted by atomic mass is 9.83. The van der Waals surface area contributed by atoms with Crippen LogP contribution in [0.1, 0.15) is 45.4 Å². The first-order valence-corrected chi connectivity index (χ1v) is 7.27. The average Bonchev–Trinajstić information content (AvgIpc) is 2.54. The number of carbonyl (C=O) groups excluding carboxylic acids is 4. The number of hydrogen-bond acceptors (Lipinski definition) is 7. The van der Waals surface area contributed by atoms with Gasteiger partial charge >= 0.3 is 17.9 Å². The molecule has 0 aliphatic rings. The van der Waals surface area contributed by atoms with Gasteiger partial charge in [-0.25, -0.2) is 0 Å². The fourth-order valence-electron chi connectivity index (χ4n) is 2.27. The largest absolute Gasteiger partial charge is 0.469 e. The van der Waals surface area contributed by atoms with E-state index in [2.05, 4.69) is 19.5 Å². The van der Waals surface area contributed by atoms with Gasteiger partial charge in [-0.2, -0.15) is 0 Å². The molecule has 23 heavy (non-hydrogen) atoms. The molecule has 0 atom stereocenters. The van der Waals surface area contributed by atoms with Gasteiger partial charge in [0.1, 0.15) is 0 Å². The minimum absolute atomic E-state index is 0.0547. The Morgan fingerprint density at radius 1 is 0.739 bits per heavy atom. The maximum absolute atomic E-state index is 11.5. The van der Waals surface area contributed by atoms with Crippen LogP contribution in [0.3, 0.4) is 0 Å². The van der Waals surface area contributed by atoms with Gasteiger partial charge in [0.2, 0.25) is 5.91 Å². The third-order valence-corrected chi connectivity index (χ3v) is 3.55. The van der Waals surface area contributed by atoms with Crippen molar-refractivity contribution in [2.24, 2.45) is 0 Å². The van der Waals surface area contributed by atoms with Gasteiger partial charge < -0.3 is 19.5 Å². The minimum atomic E-state index is -0.887. The normalized spacial score (nSPS) is 10.6. The Kier molecular flexibility index (Phi) is 9.60. The summed E-state index contributed by atoms with van der Waals surface area (Å²) in [6.07, 6.45) is 0.894. The maximum Gasteiger partial charge on any atom is 0.305 e. The maximum atomic E-state index is 11.5. The van der Waals surface area contributed by atoms with Crippen LogP contribution in [0.4, 0.5) is 0 Å². The molecule has 8 nitrogen and oxygen atoms in total. The average molecular weight is 331 g/mol. The second-order valence-corrected chi connectivity index (χ2v) is 5.19. The van der Waals surface area contributed by atoms with Crippen LogP contribution in [-0.4, -0.2) is 50.7 Å². The van der Waals surface area contributed by atoms with Crippen molar-refractivity contribution in [2.45, 2.75) is 51.0 Å². The van der Waals surface area contributed by atoms with E-state index in [9.17, 15) is 19.2 Å². The molecule has 0 radical (unpaired) electrons. The fourth-order valence-corrected chi connectivity index (χ4v) is 2.27. The molecule has 0 aromatic carbocycles. The van der Waals surface area contributed by atoms with Crippen molar-refractivity contribution in [3.05, 3.63) is 0 Å². The summed E-state index contributed by atoms with van der Waals surface area (Å²) in [6, 6.07) is 0. The number of rotatable bonds is 10. The van der Waals surface area contributed by atoms with Crippen LogP contribution >= 0.6 is 0 Å². The van der Waals surface area contributed by atoms with Gasteiger partial charge in [0.25, 0.3) is 0 Å². The summed E-state index contributed by atoms with van der Waals surface area (Å²) >= 11 is 0. The minimum Gasteiger partial charge on any atom is -0.469 e. The first-order chi connectivity index (χ1) is 10.8. The topological polar surface area (TPSA) is 108 Å². The van der Waals surface area contributed by atoms with Gasteiger partial charge in [0.05, 0.1) is 21.3 Å². The first-order valence-electron chi connectivity index (χ1n) is 7.27. The van der Waals surface area contributed by atoms with Crippen molar-refractivity contribution in [2.75, 3.05) is 21.3 Å². The molecule has 8 heteroatoms. The van der Waals surface area contributed by atoms with Crippen LogP contribution in [0.5, 0.6) is 0 Å². The Hall–Kier alpha value is -2.12. The predicted octanol–water partition coefficient (Wildman–Crippen LogP) is 0.721. The van der Waals surface area contributed by atoms with E-state index in [1.54, 1.807) is 0 Å². The zero-order chi connectivity index (χ0) is 17.9. The first kappa shape index (κ1) is 20.9. The predicted molar refractivity (Wildman–Crippen MR) is 80.3 cm³/mol. The number of methoxy groups -OCH3 is 3. The molecular formula is C15H25NO7. The smallest absolute Gasteiger partial charge is 0.305 e. The highest BCUT2D eigenvalue weighted by atomic mass is 16.5. The van der Waals surface area contributed by atoms with Crippen molar-refractivity contribution in [1.82, 2.24) is 5.32 Å². The molecule has 0 fully saturated rings. The summed E-state index contributed by atoms with van der Waals surface area (Å²) in [5, 5.41) is 2.77. The third-order valence-electron chi connectivity index (χ3n) is 3.55. The number of hydrogen-bond donors (Lipinski definition) is 1. The van der Waals surface area contributed by atoms with Crippen LogP contribution in [0.25, 0.3) is 0 Å². The van der Waals surface area contributed by atoms with E-state index in [1.165, 1.54) is 28.3 Å². The van der Waals surface area contributed by atoms with Crippen molar-refractivity contribution in [1.29, 1.82) is 0 Å². The lowest BCUT2D eigenvalue weighted by Gasteiger charge is -2.34. The molecule has 0 spiro atoms. The summed E-state index contributed by atoms with van der Waals surface area (Å²) in [5.41, 5.74) is -0.887. The SMILES string of the molecule is COC(=O)CCC(CCC(=O)OC)(CCC(=O)OC)NC(C)=O. The molecule has 0 aliphatic heterocycles. The molecule has 0 aliphatic carbocycles. The van der Waals surface area contributed by atoms with Gasteiger partial charge in [-0.3, -0.25) is 19.2 Å². The highest BCUT2D eigenvalue weighted by Gasteiger charge is 2.33. The van der Waals surface area contributed by atoms with E-state index in [0.717, 1.165) is 0 Å². The lowest BCUT2D eigenvalue weighted by molar-refractivity contribution is -0.142. The van der Waals surface area contributed by atoms with E-state index in [4.69, 9.17) is 0 Å². The van der Waals surface area contributed by atoms with E-state index < -0.39 is 23.4 Å². The van der Waals surface area contributed by atoms with Gasteiger partial charge in [-0.05, 0) is 19.3 Å². The van der Waals surface area contributed by atoms with E-state index in [1.807, 2.05) is 0 Å². The highest BCUT2D eigenvalue weighted by molar-refractivity contribution is 5.75. The molecule has 0 aromatic heterocycles. The second kappa shape index (κ2) is 10.6. The zero-order valence-electron chi connectivity index (χ0n) is 14.1. The molecule has 1 N–H and O–H groups in total. The number of esters is 3. The second-order valence-electron chi connectivity index (χ2n) is 5.19. The Labute approximate surface area is 135 Å². The molecule has 132 valence electrons. The van der Waals surface area contributed by atoms with Gasteiger partial charge in [0.15, 0.2) is 0 Å². The molecule has 0 saturated heterocycles. The van der Waals surface area contributed by atoms with Gasteiger partial charge in [0, 0.05) is 31.7 Å². The molecule has 0 unspecified atom stereocenters. The highest BCUT2D eigenvalue weighted by Crippen LogP contribution is 2.26. The molecular weight excluding hydrogens is 306 g/mol. The number of carbonyl (C=O) groups is 4. The van der Waals surface area contributed by atoms with E-state index in [0.29, 0.717) is 0 Å². The van der Waals surface area contributed by atoms with Crippen LogP contribution in [0.15, 0.2) is 0 Å². The van der Waals surface area contributed by atoms with Crippen LogP contribution < -0.4 is 5.32 Å². The van der Waals surface area contributed by atoms with Crippen molar-refractivity contribution in [3.63, 3.8) is 0 Å². The van der Waals surface area contributed by atoms with Gasteiger partial charge in [-0.1, -0.05) is 0 Å². The molecule has 0 saturated carbocycles. The molecule has 1 amide bonds. The Balaban J connectivity index is 5.14. The van der Waals surface area contributed by atoms with Gasteiger partial charge in [-0.15, -0.1) is 0 Å². The van der Waals surface area contributed by atoms with Crippen molar-refractivity contribution < 1.29 is 33.4 Å². The summed E-state index contributed by atoms with van der Waals surface area (Å²) < 4.78 is 13.8. The summed E-state index contributed by atoms with van der Waals surface area (Å²) in [7, 11) is 3.81. The molecule has 0 heterocycles.